The second kappa shape index (κ2) is 11.8. The highest BCUT2D eigenvalue weighted by atomic mass is 127. The molecule has 0 unspecified atom stereocenters. The molecular weight excluding hydrogens is 419 g/mol. The van der Waals surface area contributed by atoms with Crippen LogP contribution in [0.25, 0.3) is 0 Å². The second-order valence-corrected chi connectivity index (χ2v) is 6.95. The number of aliphatic imine (C=N–C) groups is 1. The molecule has 0 atom stereocenters. The SMILES string of the molecule is CCNC(=NCCN(CC)C(=O)OC(C)(C)C)NC1CCCC1.I. The zero-order valence-corrected chi connectivity index (χ0v) is 18.2. The Morgan fingerprint density at radius 1 is 1.25 bits per heavy atom. The Balaban J connectivity index is 0.00000529. The average molecular weight is 454 g/mol. The van der Waals surface area contributed by atoms with Crippen molar-refractivity contribution in [2.45, 2.75) is 71.9 Å². The molecule has 7 heteroatoms. The van der Waals surface area contributed by atoms with Crippen molar-refractivity contribution < 1.29 is 9.53 Å². The number of carbonyl (C=O) groups excluding carboxylic acids is 1. The fraction of sp³-hybridized carbons (Fsp3) is 0.882. The third-order valence-electron chi connectivity index (χ3n) is 3.71. The quantitative estimate of drug-likeness (QED) is 0.367. The number of ether oxygens (including phenoxy) is 1. The maximum absolute atomic E-state index is 12.1. The van der Waals surface area contributed by atoms with E-state index >= 15 is 0 Å². The highest BCUT2D eigenvalue weighted by molar-refractivity contribution is 14.0. The van der Waals surface area contributed by atoms with Crippen molar-refractivity contribution >= 4 is 36.0 Å². The van der Waals surface area contributed by atoms with Gasteiger partial charge in [0.2, 0.25) is 0 Å². The van der Waals surface area contributed by atoms with E-state index in [1.807, 2.05) is 27.7 Å². The van der Waals surface area contributed by atoms with Gasteiger partial charge in [-0.1, -0.05) is 12.8 Å². The van der Waals surface area contributed by atoms with Crippen molar-refractivity contribution in [1.29, 1.82) is 0 Å². The highest BCUT2D eigenvalue weighted by Crippen LogP contribution is 2.17. The van der Waals surface area contributed by atoms with E-state index in [9.17, 15) is 4.79 Å². The highest BCUT2D eigenvalue weighted by Gasteiger charge is 2.21. The molecule has 0 radical (unpaired) electrons. The lowest BCUT2D eigenvalue weighted by Gasteiger charge is -2.26. The van der Waals surface area contributed by atoms with E-state index < -0.39 is 5.60 Å². The number of carbonyl (C=O) groups is 1. The Kier molecular flexibility index (Phi) is 11.4. The van der Waals surface area contributed by atoms with Crippen molar-refractivity contribution in [3.63, 3.8) is 0 Å². The molecule has 0 aromatic carbocycles. The van der Waals surface area contributed by atoms with Gasteiger partial charge >= 0.3 is 6.09 Å². The van der Waals surface area contributed by atoms with Gasteiger partial charge in [0.15, 0.2) is 5.96 Å². The summed E-state index contributed by atoms with van der Waals surface area (Å²) in [6, 6.07) is 0.529. The van der Waals surface area contributed by atoms with Gasteiger partial charge in [-0.15, -0.1) is 24.0 Å². The standard InChI is InChI=1S/C17H34N4O2.HI/c1-6-18-15(20-14-10-8-9-11-14)19-12-13-21(7-2)16(22)23-17(3,4)5;/h14H,6-13H2,1-5H3,(H2,18,19,20);1H. The van der Waals surface area contributed by atoms with Gasteiger partial charge in [0.1, 0.15) is 5.60 Å². The summed E-state index contributed by atoms with van der Waals surface area (Å²) < 4.78 is 5.41. The van der Waals surface area contributed by atoms with Gasteiger partial charge in [-0.3, -0.25) is 4.99 Å². The van der Waals surface area contributed by atoms with Crippen molar-refractivity contribution in [1.82, 2.24) is 15.5 Å². The lowest BCUT2D eigenvalue weighted by atomic mass is 10.2. The first-order valence-electron chi connectivity index (χ1n) is 8.88. The summed E-state index contributed by atoms with van der Waals surface area (Å²) in [4.78, 5) is 18.4. The van der Waals surface area contributed by atoms with Crippen LogP contribution in [0, 0.1) is 0 Å². The van der Waals surface area contributed by atoms with Crippen molar-refractivity contribution in [2.75, 3.05) is 26.2 Å². The summed E-state index contributed by atoms with van der Waals surface area (Å²) in [6.07, 6.45) is 4.73. The van der Waals surface area contributed by atoms with Crippen LogP contribution in [0.2, 0.25) is 0 Å². The van der Waals surface area contributed by atoms with Gasteiger partial charge in [0.05, 0.1) is 6.54 Å². The zero-order chi connectivity index (χ0) is 17.3. The minimum atomic E-state index is -0.466. The fourth-order valence-corrected chi connectivity index (χ4v) is 2.57. The molecule has 1 amide bonds. The molecule has 0 saturated heterocycles. The predicted molar refractivity (Wildman–Crippen MR) is 110 cm³/mol. The van der Waals surface area contributed by atoms with Crippen LogP contribution in [0.1, 0.15) is 60.3 Å². The largest absolute Gasteiger partial charge is 0.444 e. The first kappa shape index (κ1) is 23.3. The van der Waals surface area contributed by atoms with Gasteiger partial charge in [-0.05, 0) is 47.5 Å². The molecular formula is C17H35IN4O2. The number of amides is 1. The van der Waals surface area contributed by atoms with E-state index in [0.717, 1.165) is 12.5 Å². The smallest absolute Gasteiger partial charge is 0.410 e. The molecule has 0 aromatic rings. The topological polar surface area (TPSA) is 66.0 Å². The Morgan fingerprint density at radius 3 is 2.38 bits per heavy atom. The Morgan fingerprint density at radius 2 is 1.88 bits per heavy atom. The van der Waals surface area contributed by atoms with Gasteiger partial charge in [0, 0.05) is 25.7 Å². The number of nitrogens with zero attached hydrogens (tertiary/aromatic N) is 2. The molecule has 6 nitrogen and oxygen atoms in total. The van der Waals surface area contributed by atoms with Crippen LogP contribution in [0.3, 0.4) is 0 Å². The minimum Gasteiger partial charge on any atom is -0.444 e. The van der Waals surface area contributed by atoms with Crippen LogP contribution in [0.4, 0.5) is 4.79 Å². The molecule has 1 aliphatic carbocycles. The van der Waals surface area contributed by atoms with Gasteiger partial charge in [-0.2, -0.15) is 0 Å². The molecule has 2 N–H and O–H groups in total. The molecule has 0 aromatic heterocycles. The Labute approximate surface area is 164 Å². The monoisotopic (exact) mass is 454 g/mol. The average Bonchev–Trinajstić information content (AvgIpc) is 2.94. The molecule has 1 aliphatic rings. The summed E-state index contributed by atoms with van der Waals surface area (Å²) in [5.41, 5.74) is -0.466. The summed E-state index contributed by atoms with van der Waals surface area (Å²) >= 11 is 0. The van der Waals surface area contributed by atoms with Crippen LogP contribution in [-0.2, 0) is 4.74 Å². The maximum Gasteiger partial charge on any atom is 0.410 e. The lowest BCUT2D eigenvalue weighted by Crippen LogP contribution is -2.43. The van der Waals surface area contributed by atoms with E-state index in [2.05, 4.69) is 22.5 Å². The van der Waals surface area contributed by atoms with E-state index in [0.29, 0.717) is 25.7 Å². The molecule has 0 spiro atoms. The third-order valence-corrected chi connectivity index (χ3v) is 3.71. The van der Waals surface area contributed by atoms with E-state index in [1.165, 1.54) is 25.7 Å². The van der Waals surface area contributed by atoms with Crippen LogP contribution in [0.15, 0.2) is 4.99 Å². The van der Waals surface area contributed by atoms with E-state index in [-0.39, 0.29) is 30.1 Å². The molecule has 0 bridgehead atoms. The number of hydrogen-bond acceptors (Lipinski definition) is 3. The summed E-state index contributed by atoms with van der Waals surface area (Å²) in [6.45, 7) is 12.2. The predicted octanol–water partition coefficient (Wildman–Crippen LogP) is 3.36. The van der Waals surface area contributed by atoms with Crippen molar-refractivity contribution in [3.05, 3.63) is 0 Å². The zero-order valence-electron chi connectivity index (χ0n) is 15.9. The van der Waals surface area contributed by atoms with Crippen LogP contribution in [-0.4, -0.2) is 54.8 Å². The Hall–Kier alpha value is -0.730. The van der Waals surface area contributed by atoms with Gasteiger partial charge < -0.3 is 20.3 Å². The molecule has 1 fully saturated rings. The first-order chi connectivity index (χ1) is 10.9. The maximum atomic E-state index is 12.1. The summed E-state index contributed by atoms with van der Waals surface area (Å²) in [5, 5.41) is 6.75. The molecule has 1 rings (SSSR count). The number of hydrogen-bond donors (Lipinski definition) is 2. The van der Waals surface area contributed by atoms with Crippen LogP contribution < -0.4 is 10.6 Å². The number of rotatable bonds is 6. The molecule has 142 valence electrons. The van der Waals surface area contributed by atoms with Crippen molar-refractivity contribution in [2.24, 2.45) is 4.99 Å². The lowest BCUT2D eigenvalue weighted by molar-refractivity contribution is 0.0266. The van der Waals surface area contributed by atoms with Gasteiger partial charge in [0.25, 0.3) is 0 Å². The number of guanidine groups is 1. The van der Waals surface area contributed by atoms with Gasteiger partial charge in [-0.25, -0.2) is 4.79 Å². The van der Waals surface area contributed by atoms with E-state index in [1.54, 1.807) is 4.90 Å². The number of likely N-dealkylation sites (N-methyl/N-ethyl adjacent to an activating group) is 1. The second-order valence-electron chi connectivity index (χ2n) is 6.95. The minimum absolute atomic E-state index is 0. The first-order valence-corrected chi connectivity index (χ1v) is 8.88. The molecule has 1 saturated carbocycles. The summed E-state index contributed by atoms with van der Waals surface area (Å²) in [5.74, 6) is 0.847. The van der Waals surface area contributed by atoms with Crippen molar-refractivity contribution in [3.8, 4) is 0 Å². The number of nitrogens with one attached hydrogen (secondary N) is 2. The normalized spacial score (nSPS) is 15.6. The Bertz CT molecular complexity index is 391. The molecule has 0 heterocycles. The van der Waals surface area contributed by atoms with E-state index in [4.69, 9.17) is 4.74 Å². The summed E-state index contributed by atoms with van der Waals surface area (Å²) in [7, 11) is 0. The molecule has 24 heavy (non-hydrogen) atoms. The fourth-order valence-electron chi connectivity index (χ4n) is 2.57. The molecule has 0 aliphatic heterocycles. The van der Waals surface area contributed by atoms with Crippen LogP contribution in [0.5, 0.6) is 0 Å². The number of halogens is 1. The van der Waals surface area contributed by atoms with Crippen LogP contribution >= 0.6 is 24.0 Å². The third kappa shape index (κ3) is 9.54.